The number of anilines is 1. The van der Waals surface area contributed by atoms with Gasteiger partial charge in [-0.05, 0) is 31.4 Å². The van der Waals surface area contributed by atoms with Crippen LogP contribution in [0.4, 0.5) is 14.5 Å². The zero-order valence-electron chi connectivity index (χ0n) is 9.63. The summed E-state index contributed by atoms with van der Waals surface area (Å²) in [5.74, 6) is -0.985. The third-order valence-corrected chi connectivity index (χ3v) is 3.82. The van der Waals surface area contributed by atoms with E-state index in [-0.39, 0.29) is 0 Å². The number of halogens is 2. The number of benzene rings is 1. The number of hydrogen-bond acceptors (Lipinski definition) is 2. The average molecular weight is 238 g/mol. The fourth-order valence-electron chi connectivity index (χ4n) is 3.11. The zero-order valence-corrected chi connectivity index (χ0v) is 9.63. The lowest BCUT2D eigenvalue weighted by Crippen LogP contribution is -2.55. The summed E-state index contributed by atoms with van der Waals surface area (Å²) in [5, 5.41) is 3.48. The van der Waals surface area contributed by atoms with Crippen molar-refractivity contribution in [3.63, 3.8) is 0 Å². The van der Waals surface area contributed by atoms with E-state index < -0.39 is 11.6 Å². The summed E-state index contributed by atoms with van der Waals surface area (Å²) < 4.78 is 26.5. The third-order valence-electron chi connectivity index (χ3n) is 3.82. The molecule has 1 heterocycles. The number of piperazine rings is 1. The van der Waals surface area contributed by atoms with Crippen LogP contribution in [0.2, 0.25) is 0 Å². The second-order valence-corrected chi connectivity index (χ2v) is 4.88. The lowest BCUT2D eigenvalue weighted by molar-refractivity contribution is 0.403. The van der Waals surface area contributed by atoms with Gasteiger partial charge in [-0.25, -0.2) is 8.78 Å². The van der Waals surface area contributed by atoms with Gasteiger partial charge in [-0.2, -0.15) is 0 Å². The van der Waals surface area contributed by atoms with E-state index in [0.29, 0.717) is 17.8 Å². The predicted molar refractivity (Wildman–Crippen MR) is 63.1 cm³/mol. The van der Waals surface area contributed by atoms with Crippen molar-refractivity contribution in [3.8, 4) is 0 Å². The van der Waals surface area contributed by atoms with Gasteiger partial charge in [-0.1, -0.05) is 0 Å². The quantitative estimate of drug-likeness (QED) is 0.807. The van der Waals surface area contributed by atoms with Crippen molar-refractivity contribution < 1.29 is 8.78 Å². The van der Waals surface area contributed by atoms with Gasteiger partial charge in [0.25, 0.3) is 0 Å². The number of nitrogens with one attached hydrogen (secondary N) is 1. The standard InChI is InChI=1S/C13H16F2N2/c14-9-6-10(15)8-11(7-9)17-5-4-16-12-2-1-3-13(12)17/h6-8,12-13,16H,1-5H2/t12-,13-/m0/s1. The second kappa shape index (κ2) is 4.26. The van der Waals surface area contributed by atoms with E-state index in [9.17, 15) is 8.78 Å². The maximum atomic E-state index is 13.2. The van der Waals surface area contributed by atoms with E-state index in [1.807, 2.05) is 0 Å². The first-order chi connectivity index (χ1) is 8.24. The zero-order chi connectivity index (χ0) is 11.8. The Morgan fingerprint density at radius 3 is 2.65 bits per heavy atom. The summed E-state index contributed by atoms with van der Waals surface area (Å²) in [6.07, 6.45) is 3.46. The Labute approximate surface area is 99.6 Å². The van der Waals surface area contributed by atoms with Crippen molar-refractivity contribution in [2.24, 2.45) is 0 Å². The van der Waals surface area contributed by atoms with Crippen molar-refractivity contribution in [1.29, 1.82) is 0 Å². The minimum absolute atomic E-state index is 0.393. The fraction of sp³-hybridized carbons (Fsp3) is 0.538. The van der Waals surface area contributed by atoms with Crippen LogP contribution >= 0.6 is 0 Å². The van der Waals surface area contributed by atoms with Crippen molar-refractivity contribution in [3.05, 3.63) is 29.8 Å². The first kappa shape index (κ1) is 11.0. The molecule has 1 aromatic carbocycles. The van der Waals surface area contributed by atoms with E-state index in [2.05, 4.69) is 10.2 Å². The van der Waals surface area contributed by atoms with Gasteiger partial charge < -0.3 is 10.2 Å². The molecule has 2 atom stereocenters. The van der Waals surface area contributed by atoms with Gasteiger partial charge in [0.1, 0.15) is 11.6 Å². The van der Waals surface area contributed by atoms with Gasteiger partial charge >= 0.3 is 0 Å². The Hall–Kier alpha value is -1.16. The Morgan fingerprint density at radius 2 is 1.88 bits per heavy atom. The largest absolute Gasteiger partial charge is 0.366 e. The maximum absolute atomic E-state index is 13.2. The number of hydrogen-bond donors (Lipinski definition) is 1. The average Bonchev–Trinajstić information content (AvgIpc) is 2.75. The van der Waals surface area contributed by atoms with E-state index in [0.717, 1.165) is 25.6 Å². The molecule has 0 radical (unpaired) electrons. The SMILES string of the molecule is Fc1cc(F)cc(N2CCN[C@H]3CCC[C@@H]32)c1. The minimum atomic E-state index is -0.493. The highest BCUT2D eigenvalue weighted by Gasteiger charge is 2.35. The van der Waals surface area contributed by atoms with Gasteiger partial charge in [0.15, 0.2) is 0 Å². The summed E-state index contributed by atoms with van der Waals surface area (Å²) in [5.41, 5.74) is 0.681. The normalized spacial score (nSPS) is 28.2. The molecule has 92 valence electrons. The van der Waals surface area contributed by atoms with Gasteiger partial charge in [0.05, 0.1) is 0 Å². The number of rotatable bonds is 1. The Morgan fingerprint density at radius 1 is 1.12 bits per heavy atom. The monoisotopic (exact) mass is 238 g/mol. The van der Waals surface area contributed by atoms with Crippen LogP contribution < -0.4 is 10.2 Å². The van der Waals surface area contributed by atoms with E-state index in [1.54, 1.807) is 0 Å². The summed E-state index contributed by atoms with van der Waals surface area (Å²) in [6, 6.07) is 4.67. The first-order valence-electron chi connectivity index (χ1n) is 6.20. The molecule has 1 aliphatic carbocycles. The van der Waals surface area contributed by atoms with Crippen molar-refractivity contribution in [2.75, 3.05) is 18.0 Å². The maximum Gasteiger partial charge on any atom is 0.128 e. The Balaban J connectivity index is 1.91. The Bertz CT molecular complexity index is 402. The van der Waals surface area contributed by atoms with Crippen LogP contribution in [0.5, 0.6) is 0 Å². The summed E-state index contributed by atoms with van der Waals surface area (Å²) in [7, 11) is 0. The van der Waals surface area contributed by atoms with Crippen molar-refractivity contribution in [2.45, 2.75) is 31.3 Å². The van der Waals surface area contributed by atoms with Gasteiger partial charge in [-0.3, -0.25) is 0 Å². The molecule has 17 heavy (non-hydrogen) atoms. The predicted octanol–water partition coefficient (Wildman–Crippen LogP) is 2.30. The van der Waals surface area contributed by atoms with E-state index in [1.165, 1.54) is 25.0 Å². The second-order valence-electron chi connectivity index (χ2n) is 4.88. The molecule has 1 aliphatic heterocycles. The molecular weight excluding hydrogens is 222 g/mol. The molecule has 2 nitrogen and oxygen atoms in total. The molecule has 0 unspecified atom stereocenters. The molecule has 3 rings (SSSR count). The smallest absolute Gasteiger partial charge is 0.128 e. The van der Waals surface area contributed by atoms with Crippen LogP contribution in [-0.4, -0.2) is 25.2 Å². The van der Waals surface area contributed by atoms with Crippen molar-refractivity contribution in [1.82, 2.24) is 5.32 Å². The third kappa shape index (κ3) is 2.02. The van der Waals surface area contributed by atoms with Crippen LogP contribution in [0.15, 0.2) is 18.2 Å². The molecule has 1 N–H and O–H groups in total. The summed E-state index contributed by atoms with van der Waals surface area (Å²) in [6.45, 7) is 1.71. The molecule has 1 aromatic rings. The molecule has 0 amide bonds. The van der Waals surface area contributed by atoms with Crippen LogP contribution in [0.25, 0.3) is 0 Å². The molecule has 0 spiro atoms. The van der Waals surface area contributed by atoms with Crippen LogP contribution in [0, 0.1) is 11.6 Å². The molecule has 2 aliphatic rings. The van der Waals surface area contributed by atoms with Crippen LogP contribution in [-0.2, 0) is 0 Å². The summed E-state index contributed by atoms with van der Waals surface area (Å²) >= 11 is 0. The number of fused-ring (bicyclic) bond motifs is 1. The Kier molecular flexibility index (Phi) is 2.74. The molecule has 2 fully saturated rings. The first-order valence-corrected chi connectivity index (χ1v) is 6.20. The van der Waals surface area contributed by atoms with E-state index in [4.69, 9.17) is 0 Å². The number of nitrogens with zero attached hydrogens (tertiary/aromatic N) is 1. The fourth-order valence-corrected chi connectivity index (χ4v) is 3.11. The molecule has 1 saturated heterocycles. The van der Waals surface area contributed by atoms with Gasteiger partial charge in [-0.15, -0.1) is 0 Å². The van der Waals surface area contributed by atoms with Crippen LogP contribution in [0.1, 0.15) is 19.3 Å². The summed E-state index contributed by atoms with van der Waals surface area (Å²) in [4.78, 5) is 2.15. The van der Waals surface area contributed by atoms with Crippen LogP contribution in [0.3, 0.4) is 0 Å². The van der Waals surface area contributed by atoms with Crippen molar-refractivity contribution >= 4 is 5.69 Å². The lowest BCUT2D eigenvalue weighted by atomic mass is 10.1. The lowest BCUT2D eigenvalue weighted by Gasteiger charge is -2.40. The highest BCUT2D eigenvalue weighted by molar-refractivity contribution is 5.49. The van der Waals surface area contributed by atoms with Gasteiger partial charge in [0.2, 0.25) is 0 Å². The highest BCUT2D eigenvalue weighted by atomic mass is 19.1. The molecule has 4 heteroatoms. The minimum Gasteiger partial charge on any atom is -0.366 e. The highest BCUT2D eigenvalue weighted by Crippen LogP contribution is 2.31. The topological polar surface area (TPSA) is 15.3 Å². The van der Waals surface area contributed by atoms with E-state index >= 15 is 0 Å². The van der Waals surface area contributed by atoms with Gasteiger partial charge in [0, 0.05) is 36.9 Å². The molecule has 0 aromatic heterocycles. The molecule has 0 bridgehead atoms. The molecule has 1 saturated carbocycles. The molecular formula is C13H16F2N2.